The van der Waals surface area contributed by atoms with E-state index in [1.54, 1.807) is 24.5 Å². The van der Waals surface area contributed by atoms with Gasteiger partial charge >= 0.3 is 0 Å². The second kappa shape index (κ2) is 8.40. The van der Waals surface area contributed by atoms with E-state index in [1.807, 2.05) is 60.7 Å². The van der Waals surface area contributed by atoms with Crippen molar-refractivity contribution in [2.75, 3.05) is 0 Å². The number of rotatable bonds is 6. The Morgan fingerprint density at radius 3 is 1.62 bits per heavy atom. The highest BCUT2D eigenvalue weighted by Crippen LogP contribution is 2.19. The molecule has 0 bridgehead atoms. The van der Waals surface area contributed by atoms with Crippen LogP contribution in [0.25, 0.3) is 34.0 Å². The molecule has 0 aliphatic heterocycles. The molecule has 2 aromatic heterocycles. The van der Waals surface area contributed by atoms with Crippen molar-refractivity contribution in [3.63, 3.8) is 0 Å². The summed E-state index contributed by atoms with van der Waals surface area (Å²) < 4.78 is 0. The minimum atomic E-state index is -0.236. The number of allylic oxidation sites excluding steroid dienone is 2. The van der Waals surface area contributed by atoms with Crippen molar-refractivity contribution in [2.45, 2.75) is 6.42 Å². The summed E-state index contributed by atoms with van der Waals surface area (Å²) in [5.74, 6) is -0.472. The fraction of sp³-hybridized carbons (Fsp3) is 0.0400. The fourth-order valence-electron chi connectivity index (χ4n) is 3.20. The van der Waals surface area contributed by atoms with Crippen molar-refractivity contribution >= 4 is 45.5 Å². The number of benzene rings is 2. The van der Waals surface area contributed by atoms with Crippen molar-refractivity contribution in [3.8, 4) is 0 Å². The van der Waals surface area contributed by atoms with Gasteiger partial charge in [0.25, 0.3) is 0 Å². The van der Waals surface area contributed by atoms with Crippen LogP contribution < -0.4 is 0 Å². The van der Waals surface area contributed by atoms with Crippen molar-refractivity contribution in [1.29, 1.82) is 0 Å². The highest BCUT2D eigenvalue weighted by molar-refractivity contribution is 6.11. The number of ketones is 2. The van der Waals surface area contributed by atoms with Crippen molar-refractivity contribution in [1.82, 2.24) is 9.97 Å². The van der Waals surface area contributed by atoms with E-state index in [9.17, 15) is 9.59 Å². The average molecular weight is 378 g/mol. The first-order valence-electron chi connectivity index (χ1n) is 9.30. The lowest BCUT2D eigenvalue weighted by molar-refractivity contribution is -0.121. The van der Waals surface area contributed by atoms with Gasteiger partial charge in [-0.15, -0.1) is 0 Å². The molecule has 0 amide bonds. The Labute approximate surface area is 168 Å². The molecule has 0 saturated carbocycles. The highest BCUT2D eigenvalue weighted by Gasteiger charge is 2.05. The van der Waals surface area contributed by atoms with Gasteiger partial charge in [0, 0.05) is 23.2 Å². The average Bonchev–Trinajstić information content (AvgIpc) is 2.76. The molecule has 0 N–H and O–H groups in total. The Bertz CT molecular complexity index is 1160. The van der Waals surface area contributed by atoms with Crippen molar-refractivity contribution in [2.24, 2.45) is 0 Å². The highest BCUT2D eigenvalue weighted by atomic mass is 16.1. The lowest BCUT2D eigenvalue weighted by Crippen LogP contribution is -2.02. The number of carbonyl (C=O) groups is 2. The van der Waals surface area contributed by atoms with Gasteiger partial charge in [-0.1, -0.05) is 48.6 Å². The van der Waals surface area contributed by atoms with Gasteiger partial charge in [0.1, 0.15) is 0 Å². The molecule has 4 aromatic rings. The molecule has 0 spiro atoms. The van der Waals surface area contributed by atoms with Crippen LogP contribution in [0.5, 0.6) is 0 Å². The summed E-state index contributed by atoms with van der Waals surface area (Å²) in [7, 11) is 0. The van der Waals surface area contributed by atoms with Crippen LogP contribution in [-0.4, -0.2) is 21.5 Å². The van der Waals surface area contributed by atoms with E-state index >= 15 is 0 Å². The molecule has 2 aromatic carbocycles. The number of carbonyl (C=O) groups excluding carboxylic acids is 2. The summed E-state index contributed by atoms with van der Waals surface area (Å²) in [4.78, 5) is 33.0. The van der Waals surface area contributed by atoms with Gasteiger partial charge in [0.15, 0.2) is 11.6 Å². The molecular formula is C25H18N2O2. The number of hydrogen-bond acceptors (Lipinski definition) is 4. The van der Waals surface area contributed by atoms with Gasteiger partial charge in [-0.25, -0.2) is 0 Å². The van der Waals surface area contributed by atoms with Crippen LogP contribution in [0.4, 0.5) is 0 Å². The second-order valence-electron chi connectivity index (χ2n) is 6.61. The predicted octanol–water partition coefficient (Wildman–Crippen LogP) is 5.04. The first-order chi connectivity index (χ1) is 14.2. The van der Waals surface area contributed by atoms with Crippen LogP contribution >= 0.6 is 0 Å². The summed E-state index contributed by atoms with van der Waals surface area (Å²) >= 11 is 0. The van der Waals surface area contributed by atoms with E-state index in [1.165, 1.54) is 12.2 Å². The molecule has 0 saturated heterocycles. The van der Waals surface area contributed by atoms with E-state index in [0.29, 0.717) is 0 Å². The molecule has 0 unspecified atom stereocenters. The molecule has 2 heterocycles. The minimum absolute atomic E-state index is 0.168. The molecule has 4 rings (SSSR count). The van der Waals surface area contributed by atoms with Gasteiger partial charge < -0.3 is 0 Å². The quantitative estimate of drug-likeness (QED) is 0.348. The third-order valence-corrected chi connectivity index (χ3v) is 4.60. The first-order valence-corrected chi connectivity index (χ1v) is 9.30. The minimum Gasteiger partial charge on any atom is -0.294 e. The summed E-state index contributed by atoms with van der Waals surface area (Å²) in [6.07, 6.45) is 9.68. The lowest BCUT2D eigenvalue weighted by atomic mass is 10.1. The van der Waals surface area contributed by atoms with Crippen LogP contribution in [0.1, 0.15) is 17.5 Å². The Morgan fingerprint density at radius 2 is 1.14 bits per heavy atom. The molecule has 29 heavy (non-hydrogen) atoms. The zero-order chi connectivity index (χ0) is 20.1. The number of hydrogen-bond donors (Lipinski definition) is 0. The van der Waals surface area contributed by atoms with Gasteiger partial charge in [0.2, 0.25) is 0 Å². The zero-order valence-electron chi connectivity index (χ0n) is 15.7. The largest absolute Gasteiger partial charge is 0.294 e. The molecule has 4 nitrogen and oxygen atoms in total. The van der Waals surface area contributed by atoms with Crippen LogP contribution in [0.2, 0.25) is 0 Å². The molecule has 0 radical (unpaired) electrons. The van der Waals surface area contributed by atoms with Crippen molar-refractivity contribution in [3.05, 3.63) is 96.3 Å². The van der Waals surface area contributed by atoms with E-state index in [0.717, 1.165) is 32.9 Å². The molecule has 140 valence electrons. The molecule has 0 fully saturated rings. The smallest absolute Gasteiger partial charge is 0.163 e. The number of aromatic nitrogens is 2. The maximum Gasteiger partial charge on any atom is 0.163 e. The topological polar surface area (TPSA) is 59.9 Å². The summed E-state index contributed by atoms with van der Waals surface area (Å²) in [5, 5.41) is 1.93. The third kappa shape index (κ3) is 4.33. The Morgan fingerprint density at radius 1 is 0.655 bits per heavy atom. The lowest BCUT2D eigenvalue weighted by Gasteiger charge is -2.01. The van der Waals surface area contributed by atoms with Crippen molar-refractivity contribution < 1.29 is 9.59 Å². The SMILES string of the molecule is O=C(C=Cc1cccc2ncccc12)CC(=O)C=Cc1cccc2ncccc12. The zero-order valence-corrected chi connectivity index (χ0v) is 15.7. The van der Waals surface area contributed by atoms with Crippen LogP contribution in [0.15, 0.2) is 85.2 Å². The van der Waals surface area contributed by atoms with Crippen LogP contribution in [0.3, 0.4) is 0 Å². The maximum absolute atomic E-state index is 12.2. The maximum atomic E-state index is 12.2. The van der Waals surface area contributed by atoms with Gasteiger partial charge in [0.05, 0.1) is 17.5 Å². The van der Waals surface area contributed by atoms with E-state index in [-0.39, 0.29) is 18.0 Å². The molecule has 0 aliphatic rings. The summed E-state index contributed by atoms with van der Waals surface area (Å²) in [5.41, 5.74) is 3.53. The predicted molar refractivity (Wildman–Crippen MR) is 116 cm³/mol. The van der Waals surface area contributed by atoms with E-state index in [2.05, 4.69) is 9.97 Å². The molecule has 0 atom stereocenters. The van der Waals surface area contributed by atoms with Crippen LogP contribution in [0, 0.1) is 0 Å². The third-order valence-electron chi connectivity index (χ3n) is 4.60. The standard InChI is InChI=1S/C25H18N2O2/c28-20(13-11-18-5-1-9-24-22(18)7-3-15-26-24)17-21(29)14-12-19-6-2-10-25-23(19)8-4-16-27-25/h1-16H,17H2. The Balaban J connectivity index is 1.45. The number of nitrogens with zero attached hydrogens (tertiary/aromatic N) is 2. The second-order valence-corrected chi connectivity index (χ2v) is 6.61. The van der Waals surface area contributed by atoms with Crippen LogP contribution in [-0.2, 0) is 9.59 Å². The molecule has 4 heteroatoms. The van der Waals surface area contributed by atoms with Gasteiger partial charge in [-0.05, 0) is 47.5 Å². The number of pyridine rings is 2. The number of fused-ring (bicyclic) bond motifs is 2. The summed E-state index contributed by atoms with van der Waals surface area (Å²) in [6, 6.07) is 19.1. The molecular weight excluding hydrogens is 360 g/mol. The fourth-order valence-corrected chi connectivity index (χ4v) is 3.20. The molecule has 0 aliphatic carbocycles. The van der Waals surface area contributed by atoms with Gasteiger partial charge in [-0.3, -0.25) is 19.6 Å². The summed E-state index contributed by atoms with van der Waals surface area (Å²) in [6.45, 7) is 0. The normalized spacial score (nSPS) is 11.6. The monoisotopic (exact) mass is 378 g/mol. The Kier molecular flexibility index (Phi) is 5.34. The van der Waals surface area contributed by atoms with Gasteiger partial charge in [-0.2, -0.15) is 0 Å². The Hall–Kier alpha value is -3.92. The van der Waals surface area contributed by atoms with E-state index in [4.69, 9.17) is 0 Å². The van der Waals surface area contributed by atoms with E-state index < -0.39 is 0 Å². The first kappa shape index (κ1) is 18.4.